The molecule has 0 radical (unpaired) electrons. The van der Waals surface area contributed by atoms with E-state index in [4.69, 9.17) is 14.2 Å². The van der Waals surface area contributed by atoms with Gasteiger partial charge in [0.25, 0.3) is 0 Å². The first kappa shape index (κ1) is 13.1. The zero-order chi connectivity index (χ0) is 13.5. The molecule has 20 heavy (non-hydrogen) atoms. The topological polar surface area (TPSA) is 51.4 Å². The number of rotatable bonds is 5. The van der Waals surface area contributed by atoms with Crippen molar-refractivity contribution in [2.24, 2.45) is 11.8 Å². The van der Waals surface area contributed by atoms with E-state index >= 15 is 0 Å². The number of fused-ring (bicyclic) bond motifs is 2. The van der Waals surface area contributed by atoms with Crippen molar-refractivity contribution in [1.82, 2.24) is 0 Å². The highest BCUT2D eigenvalue weighted by molar-refractivity contribution is 5.69. The molecule has 4 nitrogen and oxygen atoms in total. The summed E-state index contributed by atoms with van der Waals surface area (Å²) >= 11 is 0. The molecule has 6 unspecified atom stereocenters. The molecule has 0 spiro atoms. The fourth-order valence-corrected chi connectivity index (χ4v) is 3.99. The lowest BCUT2D eigenvalue weighted by Gasteiger charge is -2.20. The summed E-state index contributed by atoms with van der Waals surface area (Å²) in [6, 6.07) is 0. The van der Waals surface area contributed by atoms with E-state index < -0.39 is 0 Å². The minimum absolute atomic E-state index is 0.0114. The Balaban J connectivity index is 1.11. The number of esters is 1. The number of hydrogen-bond donors (Lipinski definition) is 0. The Bertz CT molecular complexity index is 349. The smallest absolute Gasteiger partial charge is 0.305 e. The van der Waals surface area contributed by atoms with E-state index in [1.807, 2.05) is 0 Å². The van der Waals surface area contributed by atoms with Crippen molar-refractivity contribution in [2.75, 3.05) is 6.61 Å². The molecule has 6 atom stereocenters. The summed E-state index contributed by atoms with van der Waals surface area (Å²) in [6.07, 6.45) is 10.6. The molecule has 2 saturated heterocycles. The van der Waals surface area contributed by atoms with Gasteiger partial charge in [0.2, 0.25) is 0 Å². The summed E-state index contributed by atoms with van der Waals surface area (Å²) in [6.45, 7) is 0.601. The van der Waals surface area contributed by atoms with Gasteiger partial charge < -0.3 is 14.2 Å². The zero-order valence-corrected chi connectivity index (χ0v) is 12.0. The predicted molar refractivity (Wildman–Crippen MR) is 72.2 cm³/mol. The van der Waals surface area contributed by atoms with Crippen LogP contribution >= 0.6 is 0 Å². The first-order chi connectivity index (χ1) is 9.78. The molecule has 2 aliphatic carbocycles. The highest BCUT2D eigenvalue weighted by Gasteiger charge is 2.44. The van der Waals surface area contributed by atoms with E-state index in [1.54, 1.807) is 0 Å². The highest BCUT2D eigenvalue weighted by atomic mass is 16.6. The molecule has 0 aromatic carbocycles. The fraction of sp³-hybridized carbons (Fsp3) is 0.938. The van der Waals surface area contributed by atoms with Crippen molar-refractivity contribution >= 4 is 5.97 Å². The Labute approximate surface area is 120 Å². The van der Waals surface area contributed by atoms with Crippen LogP contribution in [0.1, 0.15) is 51.4 Å². The number of hydrogen-bond acceptors (Lipinski definition) is 4. The van der Waals surface area contributed by atoms with Crippen molar-refractivity contribution < 1.29 is 19.0 Å². The van der Waals surface area contributed by atoms with Crippen LogP contribution in [0.25, 0.3) is 0 Å². The molecule has 0 bridgehead atoms. The average molecular weight is 280 g/mol. The van der Waals surface area contributed by atoms with Gasteiger partial charge in [0.05, 0.1) is 31.0 Å². The molecule has 2 aliphatic heterocycles. The van der Waals surface area contributed by atoms with Crippen molar-refractivity contribution in [3.05, 3.63) is 0 Å². The maximum absolute atomic E-state index is 11.8. The molecule has 4 aliphatic rings. The van der Waals surface area contributed by atoms with Crippen LogP contribution in [-0.4, -0.2) is 37.0 Å². The highest BCUT2D eigenvalue weighted by Crippen LogP contribution is 2.41. The summed E-state index contributed by atoms with van der Waals surface area (Å²) in [5.41, 5.74) is 0. The van der Waals surface area contributed by atoms with Crippen LogP contribution in [0.2, 0.25) is 0 Å². The third-order valence-corrected chi connectivity index (χ3v) is 5.46. The third-order valence-electron chi connectivity index (χ3n) is 5.46. The van der Waals surface area contributed by atoms with E-state index in [0.717, 1.165) is 32.1 Å². The van der Waals surface area contributed by atoms with E-state index in [0.29, 0.717) is 49.3 Å². The quantitative estimate of drug-likeness (QED) is 0.573. The molecule has 4 heteroatoms. The molecule has 112 valence electrons. The third kappa shape index (κ3) is 3.01. The van der Waals surface area contributed by atoms with E-state index in [1.165, 1.54) is 12.8 Å². The molecule has 0 aromatic heterocycles. The van der Waals surface area contributed by atoms with Crippen LogP contribution < -0.4 is 0 Å². The van der Waals surface area contributed by atoms with Gasteiger partial charge >= 0.3 is 5.97 Å². The molecule has 0 N–H and O–H groups in total. The van der Waals surface area contributed by atoms with Gasteiger partial charge in [-0.25, -0.2) is 0 Å². The molecule has 0 aromatic rings. The molecule has 2 heterocycles. The van der Waals surface area contributed by atoms with Gasteiger partial charge in [0.15, 0.2) is 0 Å². The van der Waals surface area contributed by atoms with Gasteiger partial charge in [0.1, 0.15) is 0 Å². The number of ether oxygens (including phenoxy) is 3. The monoisotopic (exact) mass is 280 g/mol. The second kappa shape index (κ2) is 5.30. The Hall–Kier alpha value is -0.610. The summed E-state index contributed by atoms with van der Waals surface area (Å²) in [4.78, 5) is 11.8. The van der Waals surface area contributed by atoms with Crippen LogP contribution in [0.4, 0.5) is 0 Å². The second-order valence-electron chi connectivity index (χ2n) is 7.01. The van der Waals surface area contributed by atoms with Gasteiger partial charge in [-0.1, -0.05) is 0 Å². The summed E-state index contributed by atoms with van der Waals surface area (Å²) in [5, 5.41) is 0. The number of epoxide rings is 2. The van der Waals surface area contributed by atoms with Crippen LogP contribution in [0.3, 0.4) is 0 Å². The number of carbonyl (C=O) groups excluding carboxylic acids is 1. The first-order valence-electron chi connectivity index (χ1n) is 8.24. The van der Waals surface area contributed by atoms with E-state index in [2.05, 4.69) is 0 Å². The normalized spacial score (nSPS) is 45.2. The minimum Gasteiger partial charge on any atom is -0.465 e. The Kier molecular flexibility index (Phi) is 3.47. The Morgan fingerprint density at radius 1 is 0.900 bits per heavy atom. The Morgan fingerprint density at radius 3 is 2.25 bits per heavy atom. The lowest BCUT2D eigenvalue weighted by atomic mass is 9.86. The second-order valence-corrected chi connectivity index (χ2v) is 7.01. The summed E-state index contributed by atoms with van der Waals surface area (Å²) in [7, 11) is 0. The van der Waals surface area contributed by atoms with E-state index in [-0.39, 0.29) is 5.97 Å². The summed E-state index contributed by atoms with van der Waals surface area (Å²) < 4.78 is 16.5. The van der Waals surface area contributed by atoms with Crippen LogP contribution in [0.15, 0.2) is 0 Å². The van der Waals surface area contributed by atoms with Crippen LogP contribution in [0, 0.1) is 11.8 Å². The van der Waals surface area contributed by atoms with Gasteiger partial charge in [-0.3, -0.25) is 4.79 Å². The van der Waals surface area contributed by atoms with Crippen molar-refractivity contribution in [2.45, 2.75) is 75.8 Å². The summed E-state index contributed by atoms with van der Waals surface area (Å²) in [5.74, 6) is 1.18. The van der Waals surface area contributed by atoms with Gasteiger partial charge in [-0.15, -0.1) is 0 Å². The molecule has 4 rings (SSSR count). The molecular formula is C16H24O4. The maximum atomic E-state index is 11.8. The zero-order valence-electron chi connectivity index (χ0n) is 12.0. The minimum atomic E-state index is -0.0114. The Morgan fingerprint density at radius 2 is 1.55 bits per heavy atom. The maximum Gasteiger partial charge on any atom is 0.305 e. The lowest BCUT2D eigenvalue weighted by Crippen LogP contribution is -2.21. The van der Waals surface area contributed by atoms with Gasteiger partial charge in [-0.05, 0) is 56.8 Å². The number of carbonyl (C=O) groups is 1. The van der Waals surface area contributed by atoms with E-state index in [9.17, 15) is 4.79 Å². The van der Waals surface area contributed by atoms with Crippen molar-refractivity contribution in [3.63, 3.8) is 0 Å². The molecule has 0 amide bonds. The molecule has 2 saturated carbocycles. The van der Waals surface area contributed by atoms with Crippen molar-refractivity contribution in [1.29, 1.82) is 0 Å². The van der Waals surface area contributed by atoms with Crippen LogP contribution in [0.5, 0.6) is 0 Å². The van der Waals surface area contributed by atoms with Crippen LogP contribution in [-0.2, 0) is 19.0 Å². The predicted octanol–water partition coefficient (Wildman–Crippen LogP) is 2.44. The SMILES string of the molecule is O=C(CCC1CCC2OC2C1)OCC1CCC2OC2C1. The standard InChI is InChI=1S/C16H24O4/c17-16(6-3-10-1-4-12-14(7-10)19-12)18-9-11-2-5-13-15(8-11)20-13/h10-15H,1-9H2. The lowest BCUT2D eigenvalue weighted by molar-refractivity contribution is -0.145. The molecular weight excluding hydrogens is 256 g/mol. The largest absolute Gasteiger partial charge is 0.465 e. The van der Waals surface area contributed by atoms with Gasteiger partial charge in [-0.2, -0.15) is 0 Å². The molecule has 4 fully saturated rings. The average Bonchev–Trinajstić information content (AvgIpc) is 3.35. The van der Waals surface area contributed by atoms with Gasteiger partial charge in [0, 0.05) is 6.42 Å². The first-order valence-corrected chi connectivity index (χ1v) is 8.24. The fourth-order valence-electron chi connectivity index (χ4n) is 3.99. The van der Waals surface area contributed by atoms with Crippen molar-refractivity contribution in [3.8, 4) is 0 Å².